The van der Waals surface area contributed by atoms with Gasteiger partial charge in [0, 0.05) is 25.8 Å². The highest BCUT2D eigenvalue weighted by atomic mass is 16.5. The number of ether oxygens (including phenoxy) is 1. The number of methoxy groups -OCH3 is 1. The lowest BCUT2D eigenvalue weighted by molar-refractivity contribution is -0.140. The van der Waals surface area contributed by atoms with E-state index in [-0.39, 0.29) is 11.3 Å². The van der Waals surface area contributed by atoms with E-state index in [4.69, 9.17) is 4.74 Å². The van der Waals surface area contributed by atoms with Gasteiger partial charge >= 0.3 is 0 Å². The van der Waals surface area contributed by atoms with Gasteiger partial charge in [-0.05, 0) is 37.5 Å². The van der Waals surface area contributed by atoms with Crippen molar-refractivity contribution in [3.8, 4) is 0 Å². The first kappa shape index (κ1) is 19.8. The predicted octanol–water partition coefficient (Wildman–Crippen LogP) is 3.76. The maximum absolute atomic E-state index is 12.9. The Morgan fingerprint density at radius 2 is 1.82 bits per heavy atom. The molecule has 1 aliphatic rings. The molecule has 5 heteroatoms. The lowest BCUT2D eigenvalue weighted by Crippen LogP contribution is -2.31. The number of likely N-dealkylation sites (tertiary alicyclic amines) is 1. The Labute approximate surface area is 165 Å². The quantitative estimate of drug-likeness (QED) is 0.359. The second kappa shape index (κ2) is 8.40. The number of hydrogen-bond donors (Lipinski definition) is 1. The van der Waals surface area contributed by atoms with Crippen LogP contribution < -0.4 is 0 Å². The van der Waals surface area contributed by atoms with E-state index in [2.05, 4.69) is 0 Å². The van der Waals surface area contributed by atoms with Crippen LogP contribution in [0.25, 0.3) is 5.76 Å². The maximum atomic E-state index is 12.9. The first-order valence-corrected chi connectivity index (χ1v) is 9.35. The van der Waals surface area contributed by atoms with Gasteiger partial charge in [-0.15, -0.1) is 0 Å². The number of benzene rings is 2. The number of Topliss-reactive ketones (excluding diaryl/α,β-unsaturated/α-hetero) is 1. The molecule has 1 heterocycles. The van der Waals surface area contributed by atoms with Crippen LogP contribution in [0.5, 0.6) is 0 Å². The van der Waals surface area contributed by atoms with Crippen molar-refractivity contribution in [2.45, 2.75) is 26.3 Å². The standard InChI is InChI=1S/C23H25NO4/c1-15-10-11-16(2)18(14-15)21(25)19-20(17-8-5-4-6-9-17)24(12-7-13-28-3)23(27)22(19)26/h4-6,8-11,14,20,25H,7,12-13H2,1-3H3/b21-19+. The van der Waals surface area contributed by atoms with E-state index in [0.29, 0.717) is 25.1 Å². The molecule has 0 spiro atoms. The zero-order valence-electron chi connectivity index (χ0n) is 16.4. The largest absolute Gasteiger partial charge is 0.507 e. The van der Waals surface area contributed by atoms with Gasteiger partial charge in [0.05, 0.1) is 11.6 Å². The summed E-state index contributed by atoms with van der Waals surface area (Å²) in [5.41, 5.74) is 3.34. The second-order valence-corrected chi connectivity index (χ2v) is 7.07. The molecule has 1 saturated heterocycles. The highest BCUT2D eigenvalue weighted by Gasteiger charge is 2.45. The summed E-state index contributed by atoms with van der Waals surface area (Å²) in [4.78, 5) is 27.2. The average molecular weight is 379 g/mol. The molecule has 1 aliphatic heterocycles. The molecule has 146 valence electrons. The summed E-state index contributed by atoms with van der Waals surface area (Å²) in [6.07, 6.45) is 0.608. The molecule has 0 saturated carbocycles. The van der Waals surface area contributed by atoms with Gasteiger partial charge in [-0.25, -0.2) is 0 Å². The third-order valence-corrected chi connectivity index (χ3v) is 5.05. The molecule has 1 amide bonds. The molecule has 0 radical (unpaired) electrons. The number of rotatable bonds is 6. The number of amides is 1. The van der Waals surface area contributed by atoms with Crippen LogP contribution in [0.4, 0.5) is 0 Å². The Hall–Kier alpha value is -2.92. The van der Waals surface area contributed by atoms with Crippen LogP contribution >= 0.6 is 0 Å². The van der Waals surface area contributed by atoms with Crippen molar-refractivity contribution in [2.75, 3.05) is 20.3 Å². The SMILES string of the molecule is COCCCN1C(=O)C(=O)/C(=C(/O)c2cc(C)ccc2C)C1c1ccccc1. The fourth-order valence-corrected chi connectivity index (χ4v) is 3.61. The van der Waals surface area contributed by atoms with Gasteiger partial charge in [0.1, 0.15) is 5.76 Å². The molecule has 0 aromatic heterocycles. The minimum Gasteiger partial charge on any atom is -0.507 e. The number of hydrogen-bond acceptors (Lipinski definition) is 4. The molecule has 1 unspecified atom stereocenters. The Bertz CT molecular complexity index is 917. The van der Waals surface area contributed by atoms with Crippen molar-refractivity contribution in [1.82, 2.24) is 4.90 Å². The second-order valence-electron chi connectivity index (χ2n) is 7.07. The fourth-order valence-electron chi connectivity index (χ4n) is 3.61. The van der Waals surface area contributed by atoms with Crippen LogP contribution in [0.1, 0.15) is 34.7 Å². The van der Waals surface area contributed by atoms with E-state index in [1.165, 1.54) is 4.90 Å². The monoisotopic (exact) mass is 379 g/mol. The van der Waals surface area contributed by atoms with E-state index in [9.17, 15) is 14.7 Å². The van der Waals surface area contributed by atoms with Crippen molar-refractivity contribution in [3.63, 3.8) is 0 Å². The molecule has 3 rings (SSSR count). The highest BCUT2D eigenvalue weighted by Crippen LogP contribution is 2.39. The summed E-state index contributed by atoms with van der Waals surface area (Å²) in [5.74, 6) is -1.36. The molecule has 28 heavy (non-hydrogen) atoms. The average Bonchev–Trinajstić information content (AvgIpc) is 2.95. The van der Waals surface area contributed by atoms with Gasteiger partial charge in [0.25, 0.3) is 11.7 Å². The number of aryl methyl sites for hydroxylation is 2. The molecule has 1 atom stereocenters. The lowest BCUT2D eigenvalue weighted by Gasteiger charge is -2.25. The first-order valence-electron chi connectivity index (χ1n) is 9.35. The number of nitrogens with zero attached hydrogens (tertiary/aromatic N) is 1. The van der Waals surface area contributed by atoms with Crippen LogP contribution in [0.15, 0.2) is 54.1 Å². The van der Waals surface area contributed by atoms with Crippen LogP contribution in [-0.4, -0.2) is 42.0 Å². The summed E-state index contributed by atoms with van der Waals surface area (Å²) in [6, 6.07) is 14.4. The molecule has 0 aliphatic carbocycles. The summed E-state index contributed by atoms with van der Waals surface area (Å²) in [5, 5.41) is 11.1. The lowest BCUT2D eigenvalue weighted by atomic mass is 9.93. The molecule has 0 bridgehead atoms. The Kier molecular flexibility index (Phi) is 5.95. The molecule has 5 nitrogen and oxygen atoms in total. The number of aliphatic hydroxyl groups excluding tert-OH is 1. The predicted molar refractivity (Wildman–Crippen MR) is 108 cm³/mol. The van der Waals surface area contributed by atoms with E-state index >= 15 is 0 Å². The number of carbonyl (C=O) groups excluding carboxylic acids is 2. The molecule has 1 N–H and O–H groups in total. The normalized spacial score (nSPS) is 18.7. The third kappa shape index (κ3) is 3.71. The molecular weight excluding hydrogens is 354 g/mol. The molecule has 2 aromatic rings. The van der Waals surface area contributed by atoms with Gasteiger partial charge in [-0.3, -0.25) is 9.59 Å². The van der Waals surface area contributed by atoms with Crippen LogP contribution in [0.3, 0.4) is 0 Å². The van der Waals surface area contributed by atoms with E-state index in [0.717, 1.165) is 16.7 Å². The van der Waals surface area contributed by atoms with Gasteiger partial charge in [-0.2, -0.15) is 0 Å². The Morgan fingerprint density at radius 1 is 1.11 bits per heavy atom. The minimum absolute atomic E-state index is 0.123. The fraction of sp³-hybridized carbons (Fsp3) is 0.304. The maximum Gasteiger partial charge on any atom is 0.295 e. The van der Waals surface area contributed by atoms with Gasteiger partial charge < -0.3 is 14.7 Å². The van der Waals surface area contributed by atoms with Crippen molar-refractivity contribution in [2.24, 2.45) is 0 Å². The number of ketones is 1. The number of carbonyl (C=O) groups is 2. The van der Waals surface area contributed by atoms with Crippen LogP contribution in [-0.2, 0) is 14.3 Å². The van der Waals surface area contributed by atoms with Gasteiger partial charge in [0.2, 0.25) is 0 Å². The Morgan fingerprint density at radius 3 is 2.50 bits per heavy atom. The molecule has 1 fully saturated rings. The summed E-state index contributed by atoms with van der Waals surface area (Å²) in [7, 11) is 1.60. The zero-order valence-corrected chi connectivity index (χ0v) is 16.4. The van der Waals surface area contributed by atoms with E-state index in [1.807, 2.05) is 62.4 Å². The third-order valence-electron chi connectivity index (χ3n) is 5.05. The topological polar surface area (TPSA) is 66.8 Å². The minimum atomic E-state index is -0.648. The highest BCUT2D eigenvalue weighted by molar-refractivity contribution is 6.46. The summed E-state index contributed by atoms with van der Waals surface area (Å²) in [6.45, 7) is 4.66. The van der Waals surface area contributed by atoms with Crippen molar-refractivity contribution < 1.29 is 19.4 Å². The molecule has 2 aromatic carbocycles. The summed E-state index contributed by atoms with van der Waals surface area (Å²) < 4.78 is 5.09. The molecular formula is C23H25NO4. The van der Waals surface area contributed by atoms with Crippen molar-refractivity contribution >= 4 is 17.4 Å². The number of aliphatic hydroxyl groups is 1. The smallest absolute Gasteiger partial charge is 0.295 e. The van der Waals surface area contributed by atoms with Gasteiger partial charge in [-0.1, -0.05) is 48.0 Å². The van der Waals surface area contributed by atoms with Gasteiger partial charge in [0.15, 0.2) is 0 Å². The summed E-state index contributed by atoms with van der Waals surface area (Å²) >= 11 is 0. The van der Waals surface area contributed by atoms with Crippen molar-refractivity contribution in [3.05, 3.63) is 76.4 Å². The van der Waals surface area contributed by atoms with E-state index < -0.39 is 17.7 Å². The Balaban J connectivity index is 2.15. The first-order chi connectivity index (χ1) is 13.5. The van der Waals surface area contributed by atoms with Crippen LogP contribution in [0, 0.1) is 13.8 Å². The van der Waals surface area contributed by atoms with E-state index in [1.54, 1.807) is 7.11 Å². The zero-order chi connectivity index (χ0) is 20.3. The van der Waals surface area contributed by atoms with Crippen LogP contribution in [0.2, 0.25) is 0 Å². The van der Waals surface area contributed by atoms with Crippen molar-refractivity contribution in [1.29, 1.82) is 0 Å².